The van der Waals surface area contributed by atoms with Gasteiger partial charge in [-0.1, -0.05) is 20.8 Å². The molecule has 2 aliphatic rings. The molecular weight excluding hydrogens is 583 g/mol. The van der Waals surface area contributed by atoms with Crippen molar-refractivity contribution in [2.75, 3.05) is 0 Å². The van der Waals surface area contributed by atoms with Crippen LogP contribution >= 0.6 is 0 Å². The van der Waals surface area contributed by atoms with E-state index in [4.69, 9.17) is 13.9 Å². The van der Waals surface area contributed by atoms with E-state index in [1.165, 1.54) is 0 Å². The molecule has 37 heavy (non-hydrogen) atoms. The van der Waals surface area contributed by atoms with Crippen molar-refractivity contribution >= 4 is 26.7 Å². The van der Waals surface area contributed by atoms with E-state index in [1.807, 2.05) is 0 Å². The van der Waals surface area contributed by atoms with E-state index in [0.717, 1.165) is 38.5 Å². The monoisotopic (exact) mass is 646 g/mol. The summed E-state index contributed by atoms with van der Waals surface area (Å²) in [5.74, 6) is 0.435. The van der Waals surface area contributed by atoms with E-state index in [-0.39, 0.29) is 35.2 Å². The van der Waals surface area contributed by atoms with Crippen molar-refractivity contribution in [3.05, 3.63) is 10.2 Å². The van der Waals surface area contributed by atoms with Gasteiger partial charge in [-0.2, -0.15) is 0 Å². The van der Waals surface area contributed by atoms with Crippen LogP contribution in [0.3, 0.4) is 0 Å². The van der Waals surface area contributed by atoms with E-state index in [2.05, 4.69) is 93.5 Å². The van der Waals surface area contributed by atoms with Crippen molar-refractivity contribution < 1.29 is 19.0 Å². The molecule has 9 atom stereocenters. The Labute approximate surface area is 235 Å². The molecule has 0 amide bonds. The molecule has 0 bridgehead atoms. The van der Waals surface area contributed by atoms with Crippen molar-refractivity contribution in [1.29, 1.82) is 0 Å². The zero-order valence-corrected chi connectivity index (χ0v) is 30.5. The van der Waals surface area contributed by atoms with Gasteiger partial charge in [0.2, 0.25) is 0 Å². The van der Waals surface area contributed by atoms with Gasteiger partial charge in [0, 0.05) is 0 Å². The molecule has 0 aromatic carbocycles. The van der Waals surface area contributed by atoms with Crippen LogP contribution in [0.4, 0.5) is 0 Å². The molecule has 2 fully saturated rings. The van der Waals surface area contributed by atoms with Gasteiger partial charge in [0.25, 0.3) is 0 Å². The van der Waals surface area contributed by atoms with Crippen LogP contribution in [0.5, 0.6) is 0 Å². The minimum atomic E-state index is -1.92. The van der Waals surface area contributed by atoms with Gasteiger partial charge in [-0.3, -0.25) is 0 Å². The van der Waals surface area contributed by atoms with Crippen LogP contribution in [-0.4, -0.2) is 62.0 Å². The molecule has 0 aromatic heterocycles. The normalized spacial score (nSPS) is 35.7. The summed E-state index contributed by atoms with van der Waals surface area (Å²) < 4.78 is 23.1. The molecule has 218 valence electrons. The summed E-state index contributed by atoms with van der Waals surface area (Å²) >= 11 is -1.92. The quantitative estimate of drug-likeness (QED) is 0.242. The summed E-state index contributed by atoms with van der Waals surface area (Å²) in [5, 5.41) is 11.6. The Morgan fingerprint density at radius 1 is 1.11 bits per heavy atom. The second kappa shape index (κ2) is 13.1. The van der Waals surface area contributed by atoms with E-state index in [1.54, 1.807) is 0 Å². The molecule has 0 saturated carbocycles. The Kier molecular flexibility index (Phi) is 11.9. The van der Waals surface area contributed by atoms with Crippen LogP contribution in [0.2, 0.25) is 33.0 Å². The summed E-state index contributed by atoms with van der Waals surface area (Å²) in [6.07, 6.45) is 8.38. The van der Waals surface area contributed by atoms with Gasteiger partial charge in [-0.05, 0) is 25.1 Å². The van der Waals surface area contributed by atoms with Gasteiger partial charge in [0.15, 0.2) is 8.32 Å². The van der Waals surface area contributed by atoms with Crippen molar-refractivity contribution in [2.45, 2.75) is 157 Å². The van der Waals surface area contributed by atoms with Crippen molar-refractivity contribution in [1.82, 2.24) is 0 Å². The molecule has 1 N–H and O–H groups in total. The number of aliphatic hydroxyl groups excluding tert-OH is 1. The number of hydrogen-bond donors (Lipinski definition) is 1. The SMILES string of the molecule is CC[C@@H](/C=[CH]/[Sn]([CH3])([CH3])[CH3])CC[C@@H]1O[C@@]2(CC[C@H](C)[C@H](C[C@@H](C)O[Si](C)(C)C(C)(C)C)O2)[C@H](C)[C@H](O)[C@@H]1C. The topological polar surface area (TPSA) is 47.9 Å². The summed E-state index contributed by atoms with van der Waals surface area (Å²) in [4.78, 5) is 7.38. The van der Waals surface area contributed by atoms with Gasteiger partial charge in [-0.25, -0.2) is 0 Å². The Hall–Kier alpha value is 0.596. The third kappa shape index (κ3) is 9.04. The first-order valence-electron chi connectivity index (χ1n) is 15.2. The van der Waals surface area contributed by atoms with Crippen LogP contribution in [0, 0.1) is 23.7 Å². The Morgan fingerprint density at radius 3 is 2.24 bits per heavy atom. The summed E-state index contributed by atoms with van der Waals surface area (Å²) in [6, 6.07) is 0. The number of aliphatic hydroxyl groups is 1. The average molecular weight is 646 g/mol. The van der Waals surface area contributed by atoms with Gasteiger partial charge in [0.1, 0.15) is 0 Å². The molecule has 0 aromatic rings. The third-order valence-corrected chi connectivity index (χ3v) is 17.7. The maximum absolute atomic E-state index is 11.4. The number of hydrogen-bond acceptors (Lipinski definition) is 4. The molecule has 2 heterocycles. The first-order valence-corrected chi connectivity index (χ1v) is 28.3. The predicted molar refractivity (Wildman–Crippen MR) is 163 cm³/mol. The third-order valence-electron chi connectivity index (χ3n) is 9.70. The molecule has 0 radical (unpaired) electrons. The fraction of sp³-hybridized carbons (Fsp3) is 0.935. The fourth-order valence-electron chi connectivity index (χ4n) is 5.77. The molecular formula is C31H62O4SiSn. The predicted octanol–water partition coefficient (Wildman–Crippen LogP) is 8.57. The van der Waals surface area contributed by atoms with Crippen LogP contribution < -0.4 is 0 Å². The first kappa shape index (κ1) is 33.8. The Morgan fingerprint density at radius 2 is 1.70 bits per heavy atom. The Bertz CT molecular complexity index is 742. The zero-order valence-electron chi connectivity index (χ0n) is 26.7. The van der Waals surface area contributed by atoms with Gasteiger partial charge >= 0.3 is 178 Å². The van der Waals surface area contributed by atoms with Crippen molar-refractivity contribution in [3.63, 3.8) is 0 Å². The fourth-order valence-corrected chi connectivity index (χ4v) is 9.65. The average Bonchev–Trinajstić information content (AvgIpc) is 2.76. The standard InChI is InChI=1S/C28H53O4Si.3CH3.Sn/c1-12-23(13-2)14-15-24-21(5)26(29)22(6)28(30-24)17-16-19(3)25(31-28)18-20(4)32-33(10,11)27(7,8)9;;;;/h1,12,19-26,29H,13-18H2,2-11H3;3*1H3;/t19-,20+,21+,22+,23+,24-,25-,26+,28+;;;;/m0..../s1. The van der Waals surface area contributed by atoms with Gasteiger partial charge < -0.3 is 4.43 Å². The molecule has 0 unspecified atom stereocenters. The maximum atomic E-state index is 11.4. The number of ether oxygens (including phenoxy) is 2. The number of allylic oxidation sites excluding steroid dienone is 1. The summed E-state index contributed by atoms with van der Waals surface area (Å²) in [5.41, 5.74) is 0. The van der Waals surface area contributed by atoms with E-state index >= 15 is 0 Å². The molecule has 0 aliphatic carbocycles. The summed E-state index contributed by atoms with van der Waals surface area (Å²) in [7, 11) is -1.84. The van der Waals surface area contributed by atoms with Crippen molar-refractivity contribution in [2.24, 2.45) is 23.7 Å². The second-order valence-electron chi connectivity index (χ2n) is 15.2. The number of rotatable bonds is 10. The van der Waals surface area contributed by atoms with Crippen molar-refractivity contribution in [3.8, 4) is 0 Å². The van der Waals surface area contributed by atoms with E-state index in [0.29, 0.717) is 11.8 Å². The van der Waals surface area contributed by atoms with Crippen LogP contribution in [-0.2, 0) is 13.9 Å². The van der Waals surface area contributed by atoms with Crippen LogP contribution in [0.1, 0.15) is 93.9 Å². The van der Waals surface area contributed by atoms with E-state index in [9.17, 15) is 5.11 Å². The molecule has 4 nitrogen and oxygen atoms in total. The second-order valence-corrected chi connectivity index (χ2v) is 34.4. The molecule has 6 heteroatoms. The van der Waals surface area contributed by atoms with Crippen LogP contribution in [0.15, 0.2) is 10.2 Å². The van der Waals surface area contributed by atoms with Gasteiger partial charge in [-0.15, -0.1) is 0 Å². The van der Waals surface area contributed by atoms with E-state index < -0.39 is 38.6 Å². The minimum absolute atomic E-state index is 0.0294. The first-order chi connectivity index (χ1) is 16.8. The molecule has 1 spiro atoms. The molecule has 2 aliphatic heterocycles. The molecule has 2 saturated heterocycles. The summed E-state index contributed by atoms with van der Waals surface area (Å²) in [6.45, 7) is 22.7. The van der Waals surface area contributed by atoms with Gasteiger partial charge in [0.05, 0.1) is 0 Å². The Balaban J connectivity index is 2.13. The zero-order chi connectivity index (χ0) is 28.4. The molecule has 2 rings (SSSR count). The van der Waals surface area contributed by atoms with Crippen LogP contribution in [0.25, 0.3) is 0 Å².